The van der Waals surface area contributed by atoms with E-state index in [1.54, 1.807) is 6.33 Å². The molecule has 2 heterocycles. The van der Waals surface area contributed by atoms with Crippen molar-refractivity contribution in [3.8, 4) is 0 Å². The third-order valence-electron chi connectivity index (χ3n) is 3.95. The average Bonchev–Trinajstić information content (AvgIpc) is 3.24. The number of hydrogen-bond donors (Lipinski definition) is 1. The highest BCUT2D eigenvalue weighted by Gasteiger charge is 2.41. The van der Waals surface area contributed by atoms with E-state index in [1.165, 1.54) is 25.7 Å². The summed E-state index contributed by atoms with van der Waals surface area (Å²) in [5.41, 5.74) is 0.989. The van der Waals surface area contributed by atoms with Crippen LogP contribution in [-0.4, -0.2) is 25.6 Å². The molecule has 2 aromatic heterocycles. The quantitative estimate of drug-likeness (QED) is 0.892. The van der Waals surface area contributed by atoms with Gasteiger partial charge in [0, 0.05) is 17.8 Å². The maximum absolute atomic E-state index is 4.37. The maximum Gasteiger partial charge on any atom is 0.254 e. The summed E-state index contributed by atoms with van der Waals surface area (Å²) in [4.78, 5) is 8.54. The first-order valence-electron chi connectivity index (χ1n) is 6.75. The van der Waals surface area contributed by atoms with Crippen LogP contribution in [0.2, 0.25) is 0 Å². The second kappa shape index (κ2) is 3.67. The molecular weight excluding hydrogens is 226 g/mol. The molecule has 2 saturated carbocycles. The Morgan fingerprint density at radius 2 is 2.00 bits per heavy atom. The first-order valence-corrected chi connectivity index (χ1v) is 6.75. The molecule has 0 amide bonds. The molecular formula is C13H17N5. The third-order valence-corrected chi connectivity index (χ3v) is 3.95. The van der Waals surface area contributed by atoms with E-state index in [2.05, 4.69) is 26.4 Å². The summed E-state index contributed by atoms with van der Waals surface area (Å²) in [7, 11) is 0. The van der Waals surface area contributed by atoms with Gasteiger partial charge in [0.15, 0.2) is 0 Å². The van der Waals surface area contributed by atoms with Gasteiger partial charge in [0.05, 0.1) is 0 Å². The lowest BCUT2D eigenvalue weighted by Crippen LogP contribution is -2.25. The smallest absolute Gasteiger partial charge is 0.254 e. The minimum atomic E-state index is 0.624. The number of nitrogens with zero attached hydrogens (tertiary/aromatic N) is 4. The van der Waals surface area contributed by atoms with Crippen molar-refractivity contribution in [1.82, 2.24) is 19.6 Å². The van der Waals surface area contributed by atoms with E-state index in [4.69, 9.17) is 0 Å². The normalized spacial score (nSPS) is 19.7. The monoisotopic (exact) mass is 243 g/mol. The molecule has 0 spiro atoms. The van der Waals surface area contributed by atoms with Gasteiger partial charge in [-0.3, -0.25) is 0 Å². The van der Waals surface area contributed by atoms with E-state index < -0.39 is 0 Å². The van der Waals surface area contributed by atoms with Crippen LogP contribution in [0.15, 0.2) is 12.4 Å². The highest BCUT2D eigenvalue weighted by atomic mass is 15.4. The predicted octanol–water partition coefficient (Wildman–Crippen LogP) is 2.03. The fourth-order valence-electron chi connectivity index (χ4n) is 2.74. The topological polar surface area (TPSA) is 55.1 Å². The number of fused-ring (bicyclic) bond motifs is 1. The third kappa shape index (κ3) is 1.74. The van der Waals surface area contributed by atoms with Crippen molar-refractivity contribution in [2.45, 2.75) is 38.6 Å². The van der Waals surface area contributed by atoms with Gasteiger partial charge >= 0.3 is 0 Å². The van der Waals surface area contributed by atoms with Crippen molar-refractivity contribution >= 4 is 11.6 Å². The fourth-order valence-corrected chi connectivity index (χ4v) is 2.74. The second-order valence-corrected chi connectivity index (χ2v) is 5.60. The summed E-state index contributed by atoms with van der Waals surface area (Å²) >= 11 is 0. The Morgan fingerprint density at radius 3 is 2.67 bits per heavy atom. The summed E-state index contributed by atoms with van der Waals surface area (Å²) in [5.74, 6) is 3.45. The molecule has 2 aliphatic carbocycles. The standard InChI is InChI=1S/C13H17N5/c1-8-6-11(18-13(16-8)14-7-15-18)17-12(9-2-3-9)10-4-5-10/h6-7,9-10,12,17H,2-5H2,1H3. The molecule has 1 N–H and O–H groups in total. The van der Waals surface area contributed by atoms with Gasteiger partial charge in [-0.2, -0.15) is 14.6 Å². The van der Waals surface area contributed by atoms with E-state index in [0.717, 1.165) is 23.3 Å². The fraction of sp³-hybridized carbons (Fsp3) is 0.615. The molecule has 0 radical (unpaired) electrons. The lowest BCUT2D eigenvalue weighted by molar-refractivity contribution is 0.563. The van der Waals surface area contributed by atoms with Gasteiger partial charge in [-0.15, -0.1) is 0 Å². The zero-order valence-corrected chi connectivity index (χ0v) is 10.5. The summed E-state index contributed by atoms with van der Waals surface area (Å²) in [6.45, 7) is 2.00. The Hall–Kier alpha value is -1.65. The van der Waals surface area contributed by atoms with Gasteiger partial charge in [-0.1, -0.05) is 0 Å². The minimum absolute atomic E-state index is 0.624. The Bertz CT molecular complexity index is 570. The summed E-state index contributed by atoms with van der Waals surface area (Å²) in [6, 6.07) is 2.69. The number of rotatable bonds is 4. The Balaban J connectivity index is 1.70. The molecule has 18 heavy (non-hydrogen) atoms. The first-order chi connectivity index (χ1) is 8.81. The number of anilines is 1. The zero-order valence-electron chi connectivity index (χ0n) is 10.5. The van der Waals surface area contributed by atoms with Gasteiger partial charge in [0.1, 0.15) is 12.1 Å². The van der Waals surface area contributed by atoms with Crippen LogP contribution in [-0.2, 0) is 0 Å². The largest absolute Gasteiger partial charge is 0.367 e. The van der Waals surface area contributed by atoms with Crippen LogP contribution in [0.5, 0.6) is 0 Å². The summed E-state index contributed by atoms with van der Waals surface area (Å²) in [5, 5.41) is 7.95. The van der Waals surface area contributed by atoms with E-state index in [1.807, 2.05) is 11.4 Å². The van der Waals surface area contributed by atoms with Gasteiger partial charge in [0.2, 0.25) is 0 Å². The van der Waals surface area contributed by atoms with Crippen molar-refractivity contribution < 1.29 is 0 Å². The van der Waals surface area contributed by atoms with Crippen molar-refractivity contribution in [3.63, 3.8) is 0 Å². The van der Waals surface area contributed by atoms with Crippen LogP contribution in [0.25, 0.3) is 5.78 Å². The average molecular weight is 243 g/mol. The number of aromatic nitrogens is 4. The van der Waals surface area contributed by atoms with Crippen molar-refractivity contribution in [3.05, 3.63) is 18.1 Å². The molecule has 0 atom stereocenters. The van der Waals surface area contributed by atoms with Gasteiger partial charge in [0.25, 0.3) is 5.78 Å². The predicted molar refractivity (Wildman–Crippen MR) is 68.4 cm³/mol. The molecule has 2 aromatic rings. The van der Waals surface area contributed by atoms with E-state index >= 15 is 0 Å². The molecule has 2 aliphatic rings. The van der Waals surface area contributed by atoms with Crippen LogP contribution < -0.4 is 5.32 Å². The van der Waals surface area contributed by atoms with Gasteiger partial charge in [-0.25, -0.2) is 4.98 Å². The molecule has 0 aliphatic heterocycles. The Morgan fingerprint density at radius 1 is 1.28 bits per heavy atom. The van der Waals surface area contributed by atoms with Crippen LogP contribution >= 0.6 is 0 Å². The molecule has 0 saturated heterocycles. The highest BCUT2D eigenvalue weighted by Crippen LogP contribution is 2.45. The second-order valence-electron chi connectivity index (χ2n) is 5.60. The molecule has 4 rings (SSSR count). The number of nitrogens with one attached hydrogen (secondary N) is 1. The molecule has 5 nitrogen and oxygen atoms in total. The first kappa shape index (κ1) is 10.3. The number of hydrogen-bond acceptors (Lipinski definition) is 4. The summed E-state index contributed by atoms with van der Waals surface area (Å²) in [6.07, 6.45) is 7.06. The molecule has 94 valence electrons. The molecule has 0 unspecified atom stereocenters. The summed E-state index contributed by atoms with van der Waals surface area (Å²) < 4.78 is 1.81. The molecule has 0 aromatic carbocycles. The van der Waals surface area contributed by atoms with E-state index in [0.29, 0.717) is 11.8 Å². The van der Waals surface area contributed by atoms with E-state index in [-0.39, 0.29) is 0 Å². The zero-order chi connectivity index (χ0) is 12.1. The van der Waals surface area contributed by atoms with Crippen molar-refractivity contribution in [1.29, 1.82) is 0 Å². The Labute approximate surface area is 106 Å². The van der Waals surface area contributed by atoms with Crippen LogP contribution in [0.3, 0.4) is 0 Å². The molecule has 2 fully saturated rings. The highest BCUT2D eigenvalue weighted by molar-refractivity contribution is 5.46. The molecule has 0 bridgehead atoms. The van der Waals surface area contributed by atoms with Gasteiger partial charge in [-0.05, 0) is 44.4 Å². The minimum Gasteiger partial charge on any atom is -0.367 e. The van der Waals surface area contributed by atoms with E-state index in [9.17, 15) is 0 Å². The lowest BCUT2D eigenvalue weighted by Gasteiger charge is -2.19. The SMILES string of the molecule is Cc1cc(NC(C2CC2)C2CC2)n2ncnc2n1. The van der Waals surface area contributed by atoms with Crippen molar-refractivity contribution in [2.75, 3.05) is 5.32 Å². The van der Waals surface area contributed by atoms with Crippen LogP contribution in [0, 0.1) is 18.8 Å². The number of aryl methyl sites for hydroxylation is 1. The van der Waals surface area contributed by atoms with Gasteiger partial charge < -0.3 is 5.32 Å². The Kier molecular flexibility index (Phi) is 2.10. The van der Waals surface area contributed by atoms with Crippen molar-refractivity contribution in [2.24, 2.45) is 11.8 Å². The lowest BCUT2D eigenvalue weighted by atomic mass is 10.1. The van der Waals surface area contributed by atoms with Crippen LogP contribution in [0.4, 0.5) is 5.82 Å². The van der Waals surface area contributed by atoms with Crippen LogP contribution in [0.1, 0.15) is 31.4 Å². The molecule has 5 heteroatoms. The maximum atomic E-state index is 4.37.